The summed E-state index contributed by atoms with van der Waals surface area (Å²) in [4.78, 5) is 5.02. The Balaban J connectivity index is 1.82. The second-order valence-corrected chi connectivity index (χ2v) is 7.02. The SMILES string of the molecule is CC(C)Oc1ccc(NC(N)=NCCS(=O)c2ccccc2)cc1. The van der Waals surface area contributed by atoms with Gasteiger partial charge in [-0.1, -0.05) is 18.2 Å². The van der Waals surface area contributed by atoms with Crippen molar-refractivity contribution in [1.29, 1.82) is 0 Å². The Labute approximate surface area is 145 Å². The van der Waals surface area contributed by atoms with Gasteiger partial charge in [-0.3, -0.25) is 9.20 Å². The largest absolute Gasteiger partial charge is 0.491 e. The number of nitrogens with two attached hydrogens (primary N) is 1. The van der Waals surface area contributed by atoms with Gasteiger partial charge in [0.2, 0.25) is 0 Å². The summed E-state index contributed by atoms with van der Waals surface area (Å²) in [7, 11) is -1.06. The average Bonchev–Trinajstić information content (AvgIpc) is 2.57. The lowest BCUT2D eigenvalue weighted by molar-refractivity contribution is 0.242. The number of hydrogen-bond donors (Lipinski definition) is 2. The summed E-state index contributed by atoms with van der Waals surface area (Å²) in [5, 5.41) is 3.01. The van der Waals surface area contributed by atoms with Crippen molar-refractivity contribution in [1.82, 2.24) is 0 Å². The second-order valence-electron chi connectivity index (χ2n) is 5.45. The molecule has 3 N–H and O–H groups in total. The Morgan fingerprint density at radius 2 is 1.83 bits per heavy atom. The lowest BCUT2D eigenvalue weighted by atomic mass is 10.3. The van der Waals surface area contributed by atoms with E-state index in [9.17, 15) is 4.21 Å². The lowest BCUT2D eigenvalue weighted by Crippen LogP contribution is -2.23. The van der Waals surface area contributed by atoms with Crippen LogP contribution in [0.3, 0.4) is 0 Å². The van der Waals surface area contributed by atoms with E-state index in [2.05, 4.69) is 10.3 Å². The predicted octanol–water partition coefficient (Wildman–Crippen LogP) is 3.01. The quantitative estimate of drug-likeness (QED) is 0.597. The van der Waals surface area contributed by atoms with E-state index in [-0.39, 0.29) is 6.10 Å². The maximum Gasteiger partial charge on any atom is 0.193 e. The lowest BCUT2D eigenvalue weighted by Gasteiger charge is -2.10. The van der Waals surface area contributed by atoms with Gasteiger partial charge >= 0.3 is 0 Å². The van der Waals surface area contributed by atoms with E-state index < -0.39 is 10.8 Å². The molecule has 0 amide bonds. The van der Waals surface area contributed by atoms with E-state index in [4.69, 9.17) is 10.5 Å². The fourth-order valence-corrected chi connectivity index (χ4v) is 2.97. The molecular formula is C18H23N3O2S. The van der Waals surface area contributed by atoms with Crippen molar-refractivity contribution in [3.05, 3.63) is 54.6 Å². The molecule has 5 nitrogen and oxygen atoms in total. The third-order valence-corrected chi connectivity index (χ3v) is 4.41. The van der Waals surface area contributed by atoms with Gasteiger partial charge in [-0.05, 0) is 50.2 Å². The number of hydrogen-bond acceptors (Lipinski definition) is 3. The van der Waals surface area contributed by atoms with Gasteiger partial charge in [0.15, 0.2) is 5.96 Å². The van der Waals surface area contributed by atoms with Crippen LogP contribution in [0.5, 0.6) is 5.75 Å². The summed E-state index contributed by atoms with van der Waals surface area (Å²) >= 11 is 0. The van der Waals surface area contributed by atoms with Crippen molar-refractivity contribution >= 4 is 22.4 Å². The van der Waals surface area contributed by atoms with Crippen molar-refractivity contribution < 1.29 is 8.95 Å². The van der Waals surface area contributed by atoms with Crippen molar-refractivity contribution in [2.45, 2.75) is 24.8 Å². The number of nitrogens with zero attached hydrogens (tertiary/aromatic N) is 1. The molecule has 1 unspecified atom stereocenters. The van der Waals surface area contributed by atoms with Crippen LogP contribution in [-0.2, 0) is 10.8 Å². The first kappa shape index (κ1) is 18.0. The normalized spacial score (nSPS) is 12.9. The van der Waals surface area contributed by atoms with Crippen LogP contribution in [0, 0.1) is 0 Å². The first-order valence-electron chi connectivity index (χ1n) is 7.81. The molecule has 24 heavy (non-hydrogen) atoms. The first-order chi connectivity index (χ1) is 11.5. The molecule has 0 heterocycles. The molecule has 0 fully saturated rings. The van der Waals surface area contributed by atoms with Gasteiger partial charge in [0.1, 0.15) is 5.75 Å². The Kier molecular flexibility index (Phi) is 6.81. The molecule has 2 rings (SSSR count). The van der Waals surface area contributed by atoms with Crippen LogP contribution in [0.15, 0.2) is 64.5 Å². The summed E-state index contributed by atoms with van der Waals surface area (Å²) < 4.78 is 17.7. The molecule has 0 saturated carbocycles. The minimum absolute atomic E-state index is 0.140. The number of rotatable bonds is 7. The molecule has 0 saturated heterocycles. The van der Waals surface area contributed by atoms with Gasteiger partial charge in [0.05, 0.1) is 23.4 Å². The number of nitrogens with one attached hydrogen (secondary N) is 1. The topological polar surface area (TPSA) is 76.7 Å². The van der Waals surface area contributed by atoms with Crippen molar-refractivity contribution in [2.75, 3.05) is 17.6 Å². The maximum atomic E-state index is 12.1. The number of anilines is 1. The van der Waals surface area contributed by atoms with E-state index in [1.54, 1.807) is 0 Å². The van der Waals surface area contributed by atoms with Gasteiger partial charge in [-0.25, -0.2) is 0 Å². The number of ether oxygens (including phenoxy) is 1. The Morgan fingerprint density at radius 3 is 2.46 bits per heavy atom. The Bertz CT molecular complexity index is 685. The zero-order valence-electron chi connectivity index (χ0n) is 13.9. The summed E-state index contributed by atoms with van der Waals surface area (Å²) in [6, 6.07) is 16.9. The van der Waals surface area contributed by atoms with Crippen LogP contribution in [0.4, 0.5) is 5.69 Å². The highest BCUT2D eigenvalue weighted by molar-refractivity contribution is 7.85. The summed E-state index contributed by atoms with van der Waals surface area (Å²) in [5.41, 5.74) is 6.69. The highest BCUT2D eigenvalue weighted by Crippen LogP contribution is 2.16. The third kappa shape index (κ3) is 6.04. The van der Waals surface area contributed by atoms with Gasteiger partial charge in [-0.15, -0.1) is 0 Å². The molecule has 0 spiro atoms. The molecule has 0 radical (unpaired) electrons. The van der Waals surface area contributed by atoms with E-state index in [1.165, 1.54) is 0 Å². The molecule has 0 aliphatic rings. The molecule has 2 aromatic carbocycles. The molecule has 0 aliphatic carbocycles. The fraction of sp³-hybridized carbons (Fsp3) is 0.278. The average molecular weight is 345 g/mol. The summed E-state index contributed by atoms with van der Waals surface area (Å²) in [6.45, 7) is 4.36. The molecule has 1 atom stereocenters. The van der Waals surface area contributed by atoms with Gasteiger partial charge in [0.25, 0.3) is 0 Å². The smallest absolute Gasteiger partial charge is 0.193 e. The van der Waals surface area contributed by atoms with Crippen LogP contribution in [0.2, 0.25) is 0 Å². The van der Waals surface area contributed by atoms with Gasteiger partial charge < -0.3 is 15.8 Å². The minimum Gasteiger partial charge on any atom is -0.491 e. The van der Waals surface area contributed by atoms with E-state index in [1.807, 2.05) is 68.4 Å². The molecule has 2 aromatic rings. The minimum atomic E-state index is -1.06. The molecule has 0 aliphatic heterocycles. The van der Waals surface area contributed by atoms with Crippen molar-refractivity contribution in [2.24, 2.45) is 10.7 Å². The van der Waals surface area contributed by atoms with Crippen LogP contribution >= 0.6 is 0 Å². The molecule has 0 aromatic heterocycles. The number of aliphatic imine (C=N–C) groups is 1. The summed E-state index contributed by atoms with van der Waals surface area (Å²) in [5.74, 6) is 1.55. The molecule has 128 valence electrons. The van der Waals surface area contributed by atoms with Crippen molar-refractivity contribution in [3.63, 3.8) is 0 Å². The van der Waals surface area contributed by atoms with Gasteiger partial charge in [-0.2, -0.15) is 0 Å². The van der Waals surface area contributed by atoms with Crippen LogP contribution in [0.25, 0.3) is 0 Å². The number of benzene rings is 2. The van der Waals surface area contributed by atoms with Crippen LogP contribution in [0.1, 0.15) is 13.8 Å². The van der Waals surface area contributed by atoms with Gasteiger partial charge in [0, 0.05) is 16.3 Å². The maximum absolute atomic E-state index is 12.1. The highest BCUT2D eigenvalue weighted by atomic mass is 32.2. The molecule has 6 heteroatoms. The Hall–Kier alpha value is -2.34. The number of guanidine groups is 1. The van der Waals surface area contributed by atoms with E-state index >= 15 is 0 Å². The monoisotopic (exact) mass is 345 g/mol. The standard InChI is InChI=1S/C18H23N3O2S/c1-14(2)23-16-10-8-15(9-11-16)21-18(19)20-12-13-24(22)17-6-4-3-5-7-17/h3-11,14H,12-13H2,1-2H3,(H3,19,20,21). The first-order valence-corrected chi connectivity index (χ1v) is 9.13. The van der Waals surface area contributed by atoms with E-state index in [0.29, 0.717) is 18.3 Å². The third-order valence-electron chi connectivity index (χ3n) is 3.06. The summed E-state index contributed by atoms with van der Waals surface area (Å²) in [6.07, 6.45) is 0.140. The molecular weight excluding hydrogens is 322 g/mol. The Morgan fingerprint density at radius 1 is 1.17 bits per heavy atom. The highest BCUT2D eigenvalue weighted by Gasteiger charge is 2.03. The predicted molar refractivity (Wildman–Crippen MR) is 100 cm³/mol. The zero-order valence-corrected chi connectivity index (χ0v) is 14.8. The zero-order chi connectivity index (χ0) is 17.4. The second kappa shape index (κ2) is 9.08. The van der Waals surface area contributed by atoms with Crippen molar-refractivity contribution in [3.8, 4) is 5.75 Å². The molecule has 0 bridgehead atoms. The van der Waals surface area contributed by atoms with E-state index in [0.717, 1.165) is 16.3 Å². The van der Waals surface area contributed by atoms with Crippen LogP contribution in [-0.4, -0.2) is 28.6 Å². The fourth-order valence-electron chi connectivity index (χ4n) is 2.02. The van der Waals surface area contributed by atoms with Crippen LogP contribution < -0.4 is 15.8 Å².